The fourth-order valence-corrected chi connectivity index (χ4v) is 4.43. The zero-order chi connectivity index (χ0) is 19.1. The first-order valence-corrected chi connectivity index (χ1v) is 10.7. The molecule has 1 fully saturated rings. The molecule has 2 aromatic carbocycles. The minimum atomic E-state index is -3.34. The van der Waals surface area contributed by atoms with Crippen molar-refractivity contribution < 1.29 is 17.9 Å². The Labute approximate surface area is 160 Å². The van der Waals surface area contributed by atoms with Gasteiger partial charge < -0.3 is 10.1 Å². The molecular weight excluding hydrogens is 364 g/mol. The second-order valence-electron chi connectivity index (χ2n) is 6.52. The molecule has 1 aliphatic heterocycles. The van der Waals surface area contributed by atoms with E-state index < -0.39 is 10.0 Å². The number of nitrogens with zero attached hydrogens (tertiary/aromatic N) is 1. The van der Waals surface area contributed by atoms with Gasteiger partial charge in [-0.25, -0.2) is 12.7 Å². The van der Waals surface area contributed by atoms with Crippen LogP contribution in [0, 0.1) is 0 Å². The summed E-state index contributed by atoms with van der Waals surface area (Å²) < 4.78 is 31.5. The van der Waals surface area contributed by atoms with E-state index in [2.05, 4.69) is 5.32 Å². The van der Waals surface area contributed by atoms with E-state index >= 15 is 0 Å². The van der Waals surface area contributed by atoms with Crippen molar-refractivity contribution in [3.63, 3.8) is 0 Å². The second-order valence-corrected chi connectivity index (χ2v) is 8.61. The van der Waals surface area contributed by atoms with E-state index in [0.717, 1.165) is 18.4 Å². The molecule has 0 unspecified atom stereocenters. The molecule has 0 spiro atoms. The molecule has 1 aliphatic rings. The maximum Gasteiger partial charge on any atom is 0.225 e. The van der Waals surface area contributed by atoms with Crippen molar-refractivity contribution in [3.8, 4) is 5.75 Å². The predicted octanol–water partition coefficient (Wildman–Crippen LogP) is 3.02. The van der Waals surface area contributed by atoms with Gasteiger partial charge >= 0.3 is 0 Å². The van der Waals surface area contributed by atoms with Crippen LogP contribution in [-0.4, -0.2) is 37.5 Å². The van der Waals surface area contributed by atoms with Crippen molar-refractivity contribution >= 4 is 21.6 Å². The van der Waals surface area contributed by atoms with Crippen molar-refractivity contribution in [1.29, 1.82) is 0 Å². The molecule has 144 valence electrons. The number of benzene rings is 2. The first kappa shape index (κ1) is 19.4. The number of carbonyl (C=O) groups excluding carboxylic acids is 1. The van der Waals surface area contributed by atoms with E-state index in [1.54, 1.807) is 24.3 Å². The third kappa shape index (κ3) is 5.80. The molecule has 3 rings (SSSR count). The van der Waals surface area contributed by atoms with Gasteiger partial charge in [-0.15, -0.1) is 0 Å². The summed E-state index contributed by atoms with van der Waals surface area (Å²) in [6.07, 6.45) is 1.74. The van der Waals surface area contributed by atoms with Crippen LogP contribution in [0.25, 0.3) is 0 Å². The molecular formula is C20H24N2O4S. The lowest BCUT2D eigenvalue weighted by Gasteiger charge is -2.15. The molecule has 0 aromatic heterocycles. The Hall–Kier alpha value is -2.38. The van der Waals surface area contributed by atoms with Gasteiger partial charge in [0.2, 0.25) is 15.9 Å². The van der Waals surface area contributed by atoms with Crippen molar-refractivity contribution in [2.45, 2.75) is 25.9 Å². The summed E-state index contributed by atoms with van der Waals surface area (Å²) in [6, 6.07) is 16.9. The summed E-state index contributed by atoms with van der Waals surface area (Å²) in [7, 11) is -3.34. The quantitative estimate of drug-likeness (QED) is 0.754. The number of carbonyl (C=O) groups is 1. The normalized spacial score (nSPS) is 14.8. The van der Waals surface area contributed by atoms with Gasteiger partial charge in [-0.3, -0.25) is 4.79 Å². The number of rotatable bonds is 8. The van der Waals surface area contributed by atoms with E-state index in [9.17, 15) is 13.2 Å². The van der Waals surface area contributed by atoms with Crippen molar-refractivity contribution in [1.82, 2.24) is 4.31 Å². The SMILES string of the molecule is O=C(CCS(=O)(=O)N1CCCC1)Nc1ccc(OCc2ccccc2)cc1. The van der Waals surface area contributed by atoms with Crippen LogP contribution in [0.2, 0.25) is 0 Å². The molecule has 0 aliphatic carbocycles. The number of hydrogen-bond acceptors (Lipinski definition) is 4. The molecule has 1 heterocycles. The largest absolute Gasteiger partial charge is 0.489 e. The molecule has 1 saturated heterocycles. The zero-order valence-electron chi connectivity index (χ0n) is 15.1. The Bertz CT molecular complexity index is 845. The Kier molecular flexibility index (Phi) is 6.47. The number of hydrogen-bond donors (Lipinski definition) is 1. The number of nitrogens with one attached hydrogen (secondary N) is 1. The van der Waals surface area contributed by atoms with Crippen molar-refractivity contribution in [3.05, 3.63) is 60.2 Å². The molecule has 0 atom stereocenters. The maximum atomic E-state index is 12.2. The fraction of sp³-hybridized carbons (Fsp3) is 0.350. The van der Waals surface area contributed by atoms with Crippen LogP contribution in [-0.2, 0) is 21.4 Å². The zero-order valence-corrected chi connectivity index (χ0v) is 16.0. The third-order valence-electron chi connectivity index (χ3n) is 4.43. The highest BCUT2D eigenvalue weighted by molar-refractivity contribution is 7.89. The summed E-state index contributed by atoms with van der Waals surface area (Å²) in [4.78, 5) is 12.0. The Morgan fingerprint density at radius 2 is 1.67 bits per heavy atom. The van der Waals surface area contributed by atoms with Gasteiger partial charge in [0.25, 0.3) is 0 Å². The molecule has 6 nitrogen and oxygen atoms in total. The maximum absolute atomic E-state index is 12.2. The lowest BCUT2D eigenvalue weighted by molar-refractivity contribution is -0.115. The summed E-state index contributed by atoms with van der Waals surface area (Å²) in [5, 5.41) is 2.73. The summed E-state index contributed by atoms with van der Waals surface area (Å²) in [6.45, 7) is 1.60. The van der Waals surface area contributed by atoms with Gasteiger partial charge in [0.05, 0.1) is 5.75 Å². The summed E-state index contributed by atoms with van der Waals surface area (Å²) >= 11 is 0. The van der Waals surface area contributed by atoms with Gasteiger partial charge in [0, 0.05) is 25.2 Å². The second kappa shape index (κ2) is 9.01. The Morgan fingerprint density at radius 3 is 2.33 bits per heavy atom. The van der Waals surface area contributed by atoms with Crippen LogP contribution in [0.5, 0.6) is 5.75 Å². The lowest BCUT2D eigenvalue weighted by atomic mass is 10.2. The summed E-state index contributed by atoms with van der Waals surface area (Å²) in [5.74, 6) is 0.237. The molecule has 1 amide bonds. The third-order valence-corrected chi connectivity index (χ3v) is 6.30. The highest BCUT2D eigenvalue weighted by Gasteiger charge is 2.25. The van der Waals surface area contributed by atoms with E-state index in [4.69, 9.17) is 4.74 Å². The smallest absolute Gasteiger partial charge is 0.225 e. The number of amides is 1. The first-order chi connectivity index (χ1) is 13.0. The number of ether oxygens (including phenoxy) is 1. The van der Waals surface area contributed by atoms with Crippen LogP contribution in [0.4, 0.5) is 5.69 Å². The highest BCUT2D eigenvalue weighted by atomic mass is 32.2. The lowest BCUT2D eigenvalue weighted by Crippen LogP contribution is -2.31. The predicted molar refractivity (Wildman–Crippen MR) is 105 cm³/mol. The average Bonchev–Trinajstić information content (AvgIpc) is 3.23. The minimum absolute atomic E-state index is 0.0505. The number of sulfonamides is 1. The molecule has 0 saturated carbocycles. The van der Waals surface area contributed by atoms with Gasteiger partial charge in [0.1, 0.15) is 12.4 Å². The minimum Gasteiger partial charge on any atom is -0.489 e. The van der Waals surface area contributed by atoms with Crippen LogP contribution < -0.4 is 10.1 Å². The van der Waals surface area contributed by atoms with Gasteiger partial charge in [-0.2, -0.15) is 0 Å². The topological polar surface area (TPSA) is 75.7 Å². The fourth-order valence-electron chi connectivity index (χ4n) is 2.92. The Balaban J connectivity index is 1.45. The van der Waals surface area contributed by atoms with Gasteiger partial charge in [-0.05, 0) is 42.7 Å². The molecule has 0 bridgehead atoms. The first-order valence-electron chi connectivity index (χ1n) is 9.07. The van der Waals surface area contributed by atoms with Crippen LogP contribution >= 0.6 is 0 Å². The van der Waals surface area contributed by atoms with Crippen LogP contribution in [0.3, 0.4) is 0 Å². The molecule has 0 radical (unpaired) electrons. The van der Waals surface area contributed by atoms with Crippen LogP contribution in [0.15, 0.2) is 54.6 Å². The summed E-state index contributed by atoms with van der Waals surface area (Å²) in [5.41, 5.74) is 1.69. The van der Waals surface area contributed by atoms with E-state index in [1.165, 1.54) is 4.31 Å². The van der Waals surface area contributed by atoms with Crippen LogP contribution in [0.1, 0.15) is 24.8 Å². The molecule has 1 N–H and O–H groups in total. The van der Waals surface area contributed by atoms with Crippen molar-refractivity contribution in [2.75, 3.05) is 24.2 Å². The van der Waals surface area contributed by atoms with E-state index in [1.807, 2.05) is 30.3 Å². The van der Waals surface area contributed by atoms with Crippen molar-refractivity contribution in [2.24, 2.45) is 0 Å². The average molecular weight is 388 g/mol. The van der Waals surface area contributed by atoms with Gasteiger partial charge in [0.15, 0.2) is 0 Å². The molecule has 27 heavy (non-hydrogen) atoms. The van der Waals surface area contributed by atoms with E-state index in [-0.39, 0.29) is 18.1 Å². The standard InChI is InChI=1S/C20H24N2O4S/c23-20(12-15-27(24,25)22-13-4-5-14-22)21-18-8-10-19(11-9-18)26-16-17-6-2-1-3-7-17/h1-3,6-11H,4-5,12-16H2,(H,21,23). The Morgan fingerprint density at radius 1 is 1.00 bits per heavy atom. The molecule has 7 heteroatoms. The number of anilines is 1. The monoisotopic (exact) mass is 388 g/mol. The molecule has 2 aromatic rings. The highest BCUT2D eigenvalue weighted by Crippen LogP contribution is 2.18. The van der Waals surface area contributed by atoms with E-state index in [0.29, 0.717) is 31.1 Å². The van der Waals surface area contributed by atoms with Gasteiger partial charge in [-0.1, -0.05) is 30.3 Å².